The molecular weight excluding hydrogens is 316 g/mol. The quantitative estimate of drug-likeness (QED) is 0.719. The van der Waals surface area contributed by atoms with Crippen LogP contribution in [0.5, 0.6) is 5.75 Å². The Balaban J connectivity index is 2.47. The van der Waals surface area contributed by atoms with Gasteiger partial charge < -0.3 is 4.74 Å². The first-order valence-electron chi connectivity index (χ1n) is 7.21. The molecule has 0 unspecified atom stereocenters. The largest absolute Gasteiger partial charge is 0.496 e. The number of hydrogen-bond donors (Lipinski definition) is 0. The van der Waals surface area contributed by atoms with Gasteiger partial charge in [-0.25, -0.2) is 8.42 Å². The minimum absolute atomic E-state index is 0.0705. The van der Waals surface area contributed by atoms with Crippen molar-refractivity contribution in [2.75, 3.05) is 12.9 Å². The maximum atomic E-state index is 12.4. The summed E-state index contributed by atoms with van der Waals surface area (Å²) in [5.74, 6) is 0.928. The first-order valence-corrected chi connectivity index (χ1v) is 8.86. The molecule has 2 aromatic rings. The summed E-state index contributed by atoms with van der Waals surface area (Å²) >= 11 is 0. The molecule has 7 nitrogen and oxygen atoms in total. The van der Waals surface area contributed by atoms with Crippen molar-refractivity contribution in [2.24, 2.45) is 0 Å². The van der Waals surface area contributed by atoms with E-state index in [1.807, 2.05) is 25.1 Å². The molecule has 1 aromatic carbocycles. The second kappa shape index (κ2) is 7.24. The van der Waals surface area contributed by atoms with E-state index >= 15 is 0 Å². The summed E-state index contributed by atoms with van der Waals surface area (Å²) in [6, 6.07) is 9.19. The Morgan fingerprint density at radius 3 is 2.70 bits per heavy atom. The molecule has 0 atom stereocenters. The average Bonchev–Trinajstić information content (AvgIpc) is 2.99. The molecule has 1 aromatic heterocycles. The molecule has 0 bridgehead atoms. The lowest BCUT2D eigenvalue weighted by Crippen LogP contribution is -2.14. The minimum Gasteiger partial charge on any atom is -0.496 e. The van der Waals surface area contributed by atoms with Crippen LogP contribution < -0.4 is 4.74 Å². The molecule has 0 amide bonds. The van der Waals surface area contributed by atoms with E-state index in [2.05, 4.69) is 10.2 Å². The summed E-state index contributed by atoms with van der Waals surface area (Å²) in [7, 11) is -2.04. The molecular formula is C15H18N4O3S. The van der Waals surface area contributed by atoms with E-state index in [-0.39, 0.29) is 23.8 Å². The molecule has 23 heavy (non-hydrogen) atoms. The van der Waals surface area contributed by atoms with Crippen LogP contribution in [-0.2, 0) is 16.4 Å². The number of sulfone groups is 1. The Bertz CT molecular complexity index is 821. The Labute approximate surface area is 135 Å². The number of nitriles is 1. The fourth-order valence-electron chi connectivity index (χ4n) is 2.26. The zero-order valence-corrected chi connectivity index (χ0v) is 13.9. The van der Waals surface area contributed by atoms with Crippen LogP contribution in [0.1, 0.15) is 19.8 Å². The van der Waals surface area contributed by atoms with E-state index in [0.717, 1.165) is 0 Å². The van der Waals surface area contributed by atoms with Crippen molar-refractivity contribution in [3.63, 3.8) is 0 Å². The van der Waals surface area contributed by atoms with Crippen LogP contribution in [0.25, 0.3) is 11.4 Å². The zero-order chi connectivity index (χ0) is 16.9. The van der Waals surface area contributed by atoms with Crippen molar-refractivity contribution in [2.45, 2.75) is 31.5 Å². The van der Waals surface area contributed by atoms with Gasteiger partial charge in [-0.05, 0) is 25.5 Å². The van der Waals surface area contributed by atoms with Crippen LogP contribution in [0, 0.1) is 11.3 Å². The molecule has 122 valence electrons. The van der Waals surface area contributed by atoms with Crippen LogP contribution in [0.4, 0.5) is 0 Å². The fraction of sp³-hybridized carbons (Fsp3) is 0.400. The number of rotatable bonds is 7. The molecule has 0 saturated heterocycles. The summed E-state index contributed by atoms with van der Waals surface area (Å²) in [5, 5.41) is 16.4. The minimum atomic E-state index is -3.58. The van der Waals surface area contributed by atoms with Gasteiger partial charge in [-0.1, -0.05) is 12.1 Å². The molecule has 0 N–H and O–H groups in total. The first kappa shape index (κ1) is 17.0. The molecule has 0 aliphatic carbocycles. The van der Waals surface area contributed by atoms with Gasteiger partial charge in [-0.3, -0.25) is 4.57 Å². The Morgan fingerprint density at radius 1 is 1.30 bits per heavy atom. The van der Waals surface area contributed by atoms with Crippen LogP contribution in [0.3, 0.4) is 0 Å². The second-order valence-corrected chi connectivity index (χ2v) is 6.83. The van der Waals surface area contributed by atoms with Crippen LogP contribution >= 0.6 is 0 Å². The Morgan fingerprint density at radius 2 is 2.04 bits per heavy atom. The number of methoxy groups -OCH3 is 1. The lowest BCUT2D eigenvalue weighted by atomic mass is 10.2. The molecule has 8 heteroatoms. The first-order chi connectivity index (χ1) is 11.0. The average molecular weight is 334 g/mol. The molecule has 0 aliphatic heterocycles. The van der Waals surface area contributed by atoms with Gasteiger partial charge >= 0.3 is 0 Å². The van der Waals surface area contributed by atoms with E-state index in [0.29, 0.717) is 23.7 Å². The van der Waals surface area contributed by atoms with Crippen molar-refractivity contribution in [1.82, 2.24) is 14.8 Å². The SMILES string of the molecule is CCn1c(-c2ccccc2OC)nnc1S(=O)(=O)CCCC#N. The lowest BCUT2D eigenvalue weighted by molar-refractivity contribution is 0.415. The number of nitrogens with zero attached hydrogens (tertiary/aromatic N) is 4. The van der Waals surface area contributed by atoms with Crippen LogP contribution in [0.15, 0.2) is 29.4 Å². The Kier molecular flexibility index (Phi) is 5.34. The summed E-state index contributed by atoms with van der Waals surface area (Å²) in [6.45, 7) is 2.24. The molecule has 0 spiro atoms. The smallest absolute Gasteiger partial charge is 0.249 e. The van der Waals surface area contributed by atoms with Gasteiger partial charge in [0, 0.05) is 13.0 Å². The third kappa shape index (κ3) is 3.51. The normalized spacial score (nSPS) is 11.2. The molecule has 0 radical (unpaired) electrons. The molecule has 2 rings (SSSR count). The third-order valence-electron chi connectivity index (χ3n) is 3.36. The van der Waals surface area contributed by atoms with Gasteiger partial charge in [0.2, 0.25) is 15.0 Å². The zero-order valence-electron chi connectivity index (χ0n) is 13.1. The lowest BCUT2D eigenvalue weighted by Gasteiger charge is -2.10. The van der Waals surface area contributed by atoms with Gasteiger partial charge in [0.1, 0.15) is 5.75 Å². The number of para-hydroxylation sites is 1. The van der Waals surface area contributed by atoms with E-state index in [1.165, 1.54) is 0 Å². The molecule has 0 aliphatic rings. The summed E-state index contributed by atoms with van der Waals surface area (Å²) in [4.78, 5) is 0. The third-order valence-corrected chi connectivity index (χ3v) is 5.05. The predicted octanol–water partition coefficient (Wildman–Crippen LogP) is 2.05. The Hall–Kier alpha value is -2.40. The number of aromatic nitrogens is 3. The van der Waals surface area contributed by atoms with Crippen molar-refractivity contribution in [3.8, 4) is 23.2 Å². The highest BCUT2D eigenvalue weighted by atomic mass is 32.2. The predicted molar refractivity (Wildman–Crippen MR) is 84.6 cm³/mol. The highest BCUT2D eigenvalue weighted by Gasteiger charge is 2.25. The topological polar surface area (TPSA) is 97.9 Å². The summed E-state index contributed by atoms with van der Waals surface area (Å²) in [6.07, 6.45) is 0.470. The standard InChI is InChI=1S/C15H18N4O3S/c1-3-19-14(12-8-4-5-9-13(12)22-2)17-18-15(19)23(20,21)11-7-6-10-16/h4-5,8-9H,3,6-7,11H2,1-2H3. The maximum absolute atomic E-state index is 12.4. The summed E-state index contributed by atoms with van der Waals surface area (Å²) in [5.41, 5.74) is 0.683. The van der Waals surface area contributed by atoms with Crippen molar-refractivity contribution < 1.29 is 13.2 Å². The van der Waals surface area contributed by atoms with Crippen LogP contribution in [0.2, 0.25) is 0 Å². The second-order valence-electron chi connectivity index (χ2n) is 4.83. The van der Waals surface area contributed by atoms with E-state index in [9.17, 15) is 8.42 Å². The van der Waals surface area contributed by atoms with Crippen LogP contribution in [-0.4, -0.2) is 36.0 Å². The number of hydrogen-bond acceptors (Lipinski definition) is 6. The highest BCUT2D eigenvalue weighted by Crippen LogP contribution is 2.29. The van der Waals surface area contributed by atoms with Gasteiger partial charge in [0.25, 0.3) is 0 Å². The highest BCUT2D eigenvalue weighted by molar-refractivity contribution is 7.91. The van der Waals surface area contributed by atoms with Gasteiger partial charge in [-0.15, -0.1) is 10.2 Å². The van der Waals surface area contributed by atoms with Crippen molar-refractivity contribution in [3.05, 3.63) is 24.3 Å². The van der Waals surface area contributed by atoms with Crippen molar-refractivity contribution in [1.29, 1.82) is 5.26 Å². The van der Waals surface area contributed by atoms with Gasteiger partial charge in [0.05, 0.1) is 24.5 Å². The molecule has 0 fully saturated rings. The van der Waals surface area contributed by atoms with E-state index < -0.39 is 9.84 Å². The van der Waals surface area contributed by atoms with E-state index in [4.69, 9.17) is 10.00 Å². The summed E-state index contributed by atoms with van der Waals surface area (Å²) < 4.78 is 31.7. The van der Waals surface area contributed by atoms with Gasteiger partial charge in [-0.2, -0.15) is 5.26 Å². The number of unbranched alkanes of at least 4 members (excludes halogenated alkanes) is 1. The monoisotopic (exact) mass is 334 g/mol. The van der Waals surface area contributed by atoms with E-state index in [1.54, 1.807) is 23.8 Å². The fourth-order valence-corrected chi connectivity index (χ4v) is 3.69. The number of benzene rings is 1. The molecule has 1 heterocycles. The maximum Gasteiger partial charge on any atom is 0.249 e. The van der Waals surface area contributed by atoms with Crippen molar-refractivity contribution >= 4 is 9.84 Å². The molecule has 0 saturated carbocycles. The van der Waals surface area contributed by atoms with Gasteiger partial charge in [0.15, 0.2) is 5.82 Å². The number of ether oxygens (including phenoxy) is 1.